The maximum Gasteiger partial charge on any atom is 0.280 e. The highest BCUT2D eigenvalue weighted by Gasteiger charge is 2.17. The topological polar surface area (TPSA) is 89.7 Å². The predicted octanol–water partition coefficient (Wildman–Crippen LogP) is 3.86. The number of nitro groups is 1. The molecule has 6 nitrogen and oxygen atoms in total. The van der Waals surface area contributed by atoms with Gasteiger partial charge in [-0.15, -0.1) is 0 Å². The molecule has 0 atom stereocenters. The van der Waals surface area contributed by atoms with Crippen molar-refractivity contribution in [3.05, 3.63) is 68.7 Å². The Hall–Kier alpha value is -2.86. The Morgan fingerprint density at radius 2 is 2.04 bits per heavy atom. The van der Waals surface area contributed by atoms with Crippen molar-refractivity contribution in [3.8, 4) is 11.5 Å². The van der Waals surface area contributed by atoms with Gasteiger partial charge in [-0.25, -0.2) is 0 Å². The van der Waals surface area contributed by atoms with Gasteiger partial charge in [-0.2, -0.15) is 0 Å². The van der Waals surface area contributed by atoms with Crippen LogP contribution in [0.25, 0.3) is 6.08 Å². The molecule has 1 N–H and O–H groups in total. The van der Waals surface area contributed by atoms with Gasteiger partial charge in [0, 0.05) is 6.07 Å². The van der Waals surface area contributed by atoms with Gasteiger partial charge in [0.15, 0.2) is 17.3 Å². The summed E-state index contributed by atoms with van der Waals surface area (Å²) in [4.78, 5) is 22.5. The van der Waals surface area contributed by atoms with Gasteiger partial charge < -0.3 is 9.84 Å². The first kappa shape index (κ1) is 16.5. The average molecular weight is 334 g/mol. The lowest BCUT2D eigenvalue weighted by molar-refractivity contribution is -0.385. The maximum absolute atomic E-state index is 12.1. The van der Waals surface area contributed by atoms with Gasteiger partial charge in [-0.1, -0.05) is 29.8 Å². The van der Waals surface area contributed by atoms with Crippen LogP contribution >= 0.6 is 11.6 Å². The highest BCUT2D eigenvalue weighted by atomic mass is 35.5. The van der Waals surface area contributed by atoms with Gasteiger partial charge in [0.1, 0.15) is 0 Å². The number of nitro benzene ring substituents is 1. The third kappa shape index (κ3) is 3.67. The molecule has 0 aliphatic carbocycles. The Bertz CT molecular complexity index is 801. The first-order valence-corrected chi connectivity index (χ1v) is 6.84. The number of para-hydroxylation sites is 1. The number of hydrogen-bond donors (Lipinski definition) is 1. The van der Waals surface area contributed by atoms with Gasteiger partial charge in [0.25, 0.3) is 5.69 Å². The molecule has 7 heteroatoms. The molecule has 0 radical (unpaired) electrons. The van der Waals surface area contributed by atoms with E-state index in [1.165, 1.54) is 49.6 Å². The lowest BCUT2D eigenvalue weighted by Gasteiger charge is -2.06. The SMILES string of the molecule is COc1cc(/C=C/C(=O)c2ccccc2[N+](=O)[O-])cc(Cl)c1O. The van der Waals surface area contributed by atoms with Crippen LogP contribution in [0.5, 0.6) is 11.5 Å². The predicted molar refractivity (Wildman–Crippen MR) is 86.1 cm³/mol. The van der Waals surface area contributed by atoms with Crippen LogP contribution in [-0.2, 0) is 0 Å². The number of benzene rings is 2. The van der Waals surface area contributed by atoms with Crippen LogP contribution in [0.2, 0.25) is 5.02 Å². The van der Waals surface area contributed by atoms with E-state index < -0.39 is 10.7 Å². The van der Waals surface area contributed by atoms with Crippen molar-refractivity contribution >= 4 is 29.1 Å². The van der Waals surface area contributed by atoms with Crippen molar-refractivity contribution in [1.82, 2.24) is 0 Å². The fraction of sp³-hybridized carbons (Fsp3) is 0.0625. The van der Waals surface area contributed by atoms with Crippen LogP contribution < -0.4 is 4.74 Å². The molecule has 2 aromatic carbocycles. The number of phenols is 1. The zero-order valence-electron chi connectivity index (χ0n) is 12.0. The van der Waals surface area contributed by atoms with Crippen molar-refractivity contribution < 1.29 is 19.6 Å². The van der Waals surface area contributed by atoms with E-state index in [1.807, 2.05) is 0 Å². The van der Waals surface area contributed by atoms with Crippen molar-refractivity contribution in [1.29, 1.82) is 0 Å². The van der Waals surface area contributed by atoms with Crippen LogP contribution in [0.4, 0.5) is 5.69 Å². The van der Waals surface area contributed by atoms with E-state index in [4.69, 9.17) is 16.3 Å². The number of ether oxygens (including phenoxy) is 1. The smallest absolute Gasteiger partial charge is 0.280 e. The number of allylic oxidation sites excluding steroid dienone is 1. The Kier molecular flexibility index (Phi) is 4.98. The van der Waals surface area contributed by atoms with E-state index in [0.717, 1.165) is 0 Å². The molecule has 0 amide bonds. The number of phenolic OH excluding ortho intramolecular Hbond substituents is 1. The molecule has 2 rings (SSSR count). The molecule has 0 bridgehead atoms. The van der Waals surface area contributed by atoms with Crippen LogP contribution in [0.15, 0.2) is 42.5 Å². The summed E-state index contributed by atoms with van der Waals surface area (Å²) < 4.78 is 4.97. The second-order valence-electron chi connectivity index (χ2n) is 4.53. The largest absolute Gasteiger partial charge is 0.503 e. The molecule has 0 aliphatic rings. The third-order valence-electron chi connectivity index (χ3n) is 3.06. The minimum atomic E-state index is -0.610. The first-order valence-electron chi connectivity index (χ1n) is 6.46. The molecule has 118 valence electrons. The van der Waals surface area contributed by atoms with Gasteiger partial charge in [0.2, 0.25) is 0 Å². The van der Waals surface area contributed by atoms with Crippen LogP contribution in [0.1, 0.15) is 15.9 Å². The summed E-state index contributed by atoms with van der Waals surface area (Å²) in [5.41, 5.74) is 0.241. The fourth-order valence-electron chi connectivity index (χ4n) is 1.95. The molecule has 0 unspecified atom stereocenters. The molecule has 0 heterocycles. The Morgan fingerprint density at radius 3 is 2.70 bits per heavy atom. The monoisotopic (exact) mass is 333 g/mol. The molecular weight excluding hydrogens is 322 g/mol. The van der Waals surface area contributed by atoms with E-state index >= 15 is 0 Å². The normalized spacial score (nSPS) is 10.7. The van der Waals surface area contributed by atoms with Crippen molar-refractivity contribution in [2.75, 3.05) is 7.11 Å². The quantitative estimate of drug-likeness (QED) is 0.388. The van der Waals surface area contributed by atoms with E-state index in [0.29, 0.717) is 5.56 Å². The van der Waals surface area contributed by atoms with E-state index in [2.05, 4.69) is 0 Å². The molecule has 0 saturated heterocycles. The average Bonchev–Trinajstić information content (AvgIpc) is 2.55. The minimum Gasteiger partial charge on any atom is -0.503 e. The van der Waals surface area contributed by atoms with Gasteiger partial charge >= 0.3 is 0 Å². The van der Waals surface area contributed by atoms with E-state index in [-0.39, 0.29) is 27.8 Å². The fourth-order valence-corrected chi connectivity index (χ4v) is 2.17. The summed E-state index contributed by atoms with van der Waals surface area (Å²) in [6.07, 6.45) is 2.64. The number of rotatable bonds is 5. The molecule has 0 spiro atoms. The second-order valence-corrected chi connectivity index (χ2v) is 4.93. The molecule has 0 fully saturated rings. The number of nitrogens with zero attached hydrogens (tertiary/aromatic N) is 1. The number of aromatic hydroxyl groups is 1. The second kappa shape index (κ2) is 6.93. The summed E-state index contributed by atoms with van der Waals surface area (Å²) in [6.45, 7) is 0. The summed E-state index contributed by atoms with van der Waals surface area (Å²) in [5, 5.41) is 20.7. The van der Waals surface area contributed by atoms with Crippen LogP contribution in [-0.4, -0.2) is 22.9 Å². The summed E-state index contributed by atoms with van der Waals surface area (Å²) in [5.74, 6) is -0.549. The molecule has 0 saturated carbocycles. The van der Waals surface area contributed by atoms with Crippen molar-refractivity contribution in [2.45, 2.75) is 0 Å². The molecule has 23 heavy (non-hydrogen) atoms. The minimum absolute atomic E-state index is 0.00871. The molecular formula is C16H12ClNO5. The van der Waals surface area contributed by atoms with Gasteiger partial charge in [-0.3, -0.25) is 14.9 Å². The van der Waals surface area contributed by atoms with Crippen LogP contribution in [0.3, 0.4) is 0 Å². The van der Waals surface area contributed by atoms with Crippen molar-refractivity contribution in [2.24, 2.45) is 0 Å². The number of ketones is 1. The molecule has 2 aromatic rings. The highest BCUT2D eigenvalue weighted by Crippen LogP contribution is 2.35. The molecule has 0 aliphatic heterocycles. The summed E-state index contributed by atoms with van der Waals surface area (Å²) >= 11 is 5.86. The molecule has 0 aromatic heterocycles. The Labute approximate surface area is 136 Å². The number of hydrogen-bond acceptors (Lipinski definition) is 5. The maximum atomic E-state index is 12.1. The highest BCUT2D eigenvalue weighted by molar-refractivity contribution is 6.32. The van der Waals surface area contributed by atoms with Crippen LogP contribution in [0, 0.1) is 10.1 Å². The number of methoxy groups -OCH3 is 1. The number of carbonyl (C=O) groups excluding carboxylic acids is 1. The van der Waals surface area contributed by atoms with Gasteiger partial charge in [0.05, 0.1) is 22.6 Å². The lowest BCUT2D eigenvalue weighted by atomic mass is 10.1. The zero-order valence-corrected chi connectivity index (χ0v) is 12.8. The van der Waals surface area contributed by atoms with E-state index in [9.17, 15) is 20.0 Å². The summed E-state index contributed by atoms with van der Waals surface area (Å²) in [6, 6.07) is 8.63. The lowest BCUT2D eigenvalue weighted by Crippen LogP contribution is -2.00. The van der Waals surface area contributed by atoms with Crippen molar-refractivity contribution in [3.63, 3.8) is 0 Å². The number of carbonyl (C=O) groups is 1. The zero-order chi connectivity index (χ0) is 17.0. The number of halogens is 1. The first-order chi connectivity index (χ1) is 10.9. The Morgan fingerprint density at radius 1 is 1.35 bits per heavy atom. The third-order valence-corrected chi connectivity index (χ3v) is 3.35. The Balaban J connectivity index is 2.33. The summed E-state index contributed by atoms with van der Waals surface area (Å²) in [7, 11) is 1.37. The standard InChI is InChI=1S/C16H12ClNO5/c1-23-15-9-10(8-12(17)16(15)20)6-7-14(19)11-4-2-3-5-13(11)18(21)22/h2-9,20H,1H3/b7-6+. The van der Waals surface area contributed by atoms with Gasteiger partial charge in [-0.05, 0) is 29.8 Å². The van der Waals surface area contributed by atoms with E-state index in [1.54, 1.807) is 6.07 Å².